The van der Waals surface area contributed by atoms with Gasteiger partial charge in [0.05, 0.1) is 14.2 Å². The van der Waals surface area contributed by atoms with E-state index in [-0.39, 0.29) is 12.1 Å². The molecule has 0 amide bonds. The fourth-order valence-corrected chi connectivity index (χ4v) is 2.48. The van der Waals surface area contributed by atoms with Gasteiger partial charge in [-0.05, 0) is 25.5 Å². The SMILES string of the molecule is COc1ccc(C(C)N[C@@H](C)c2ccccc2)c(OC)c1. The van der Waals surface area contributed by atoms with E-state index >= 15 is 0 Å². The molecule has 0 aliphatic carbocycles. The highest BCUT2D eigenvalue weighted by molar-refractivity contribution is 5.42. The van der Waals surface area contributed by atoms with Gasteiger partial charge < -0.3 is 14.8 Å². The second-order valence-corrected chi connectivity index (χ2v) is 5.13. The van der Waals surface area contributed by atoms with Crippen molar-refractivity contribution in [3.8, 4) is 11.5 Å². The highest BCUT2D eigenvalue weighted by Gasteiger charge is 2.15. The average molecular weight is 285 g/mol. The van der Waals surface area contributed by atoms with Crippen LogP contribution in [0.5, 0.6) is 11.5 Å². The van der Waals surface area contributed by atoms with Gasteiger partial charge in [-0.15, -0.1) is 0 Å². The van der Waals surface area contributed by atoms with Gasteiger partial charge in [-0.25, -0.2) is 0 Å². The largest absolute Gasteiger partial charge is 0.497 e. The summed E-state index contributed by atoms with van der Waals surface area (Å²) in [5.74, 6) is 1.65. The summed E-state index contributed by atoms with van der Waals surface area (Å²) in [6.45, 7) is 4.31. The third-order valence-corrected chi connectivity index (χ3v) is 3.71. The van der Waals surface area contributed by atoms with Gasteiger partial charge in [0.25, 0.3) is 0 Å². The number of rotatable bonds is 6. The Bertz CT molecular complexity index is 569. The van der Waals surface area contributed by atoms with E-state index in [1.165, 1.54) is 5.56 Å². The number of hydrogen-bond acceptors (Lipinski definition) is 3. The van der Waals surface area contributed by atoms with Crippen molar-refractivity contribution in [1.29, 1.82) is 0 Å². The van der Waals surface area contributed by atoms with E-state index in [2.05, 4.69) is 43.4 Å². The minimum Gasteiger partial charge on any atom is -0.497 e. The zero-order valence-electron chi connectivity index (χ0n) is 13.1. The molecule has 2 atom stereocenters. The third kappa shape index (κ3) is 3.76. The number of benzene rings is 2. The Balaban J connectivity index is 2.14. The summed E-state index contributed by atoms with van der Waals surface area (Å²) in [6.07, 6.45) is 0. The van der Waals surface area contributed by atoms with Crippen LogP contribution in [0.2, 0.25) is 0 Å². The highest BCUT2D eigenvalue weighted by Crippen LogP contribution is 2.30. The van der Waals surface area contributed by atoms with E-state index in [9.17, 15) is 0 Å². The molecule has 3 heteroatoms. The van der Waals surface area contributed by atoms with Crippen molar-refractivity contribution in [3.05, 3.63) is 59.7 Å². The Morgan fingerprint density at radius 1 is 0.857 bits per heavy atom. The molecule has 2 rings (SSSR count). The molecule has 0 radical (unpaired) electrons. The van der Waals surface area contributed by atoms with Crippen LogP contribution in [0.3, 0.4) is 0 Å². The monoisotopic (exact) mass is 285 g/mol. The Hall–Kier alpha value is -2.00. The molecule has 0 heterocycles. The van der Waals surface area contributed by atoms with Gasteiger partial charge >= 0.3 is 0 Å². The van der Waals surface area contributed by atoms with E-state index in [1.807, 2.05) is 24.3 Å². The van der Waals surface area contributed by atoms with Crippen molar-refractivity contribution >= 4 is 0 Å². The molecular weight excluding hydrogens is 262 g/mol. The van der Waals surface area contributed by atoms with E-state index in [0.29, 0.717) is 0 Å². The quantitative estimate of drug-likeness (QED) is 0.866. The molecule has 0 aromatic heterocycles. The van der Waals surface area contributed by atoms with Crippen LogP contribution in [-0.4, -0.2) is 14.2 Å². The van der Waals surface area contributed by atoms with Crippen molar-refractivity contribution in [2.45, 2.75) is 25.9 Å². The molecular formula is C18H23NO2. The lowest BCUT2D eigenvalue weighted by atomic mass is 10.0. The molecule has 2 aromatic carbocycles. The molecule has 0 saturated heterocycles. The van der Waals surface area contributed by atoms with Crippen LogP contribution >= 0.6 is 0 Å². The molecule has 112 valence electrons. The van der Waals surface area contributed by atoms with Crippen molar-refractivity contribution in [2.24, 2.45) is 0 Å². The summed E-state index contributed by atoms with van der Waals surface area (Å²) >= 11 is 0. The number of hydrogen-bond donors (Lipinski definition) is 1. The van der Waals surface area contributed by atoms with Crippen LogP contribution in [0.25, 0.3) is 0 Å². The first-order valence-electron chi connectivity index (χ1n) is 7.18. The predicted molar refractivity (Wildman–Crippen MR) is 86.0 cm³/mol. The van der Waals surface area contributed by atoms with Gasteiger partial charge in [0.15, 0.2) is 0 Å². The molecule has 1 N–H and O–H groups in total. The molecule has 0 fully saturated rings. The highest BCUT2D eigenvalue weighted by atomic mass is 16.5. The summed E-state index contributed by atoms with van der Waals surface area (Å²) in [6, 6.07) is 16.8. The Morgan fingerprint density at radius 3 is 2.19 bits per heavy atom. The first-order valence-corrected chi connectivity index (χ1v) is 7.18. The van der Waals surface area contributed by atoms with Crippen molar-refractivity contribution in [2.75, 3.05) is 14.2 Å². The van der Waals surface area contributed by atoms with E-state index in [0.717, 1.165) is 17.1 Å². The second kappa shape index (κ2) is 7.14. The summed E-state index contributed by atoms with van der Waals surface area (Å²) in [7, 11) is 3.35. The smallest absolute Gasteiger partial charge is 0.127 e. The van der Waals surface area contributed by atoms with Crippen LogP contribution in [0, 0.1) is 0 Å². The molecule has 0 bridgehead atoms. The second-order valence-electron chi connectivity index (χ2n) is 5.13. The van der Waals surface area contributed by atoms with E-state index in [1.54, 1.807) is 14.2 Å². The first-order chi connectivity index (χ1) is 10.2. The molecule has 1 unspecified atom stereocenters. The standard InChI is InChI=1S/C18H23NO2/c1-13(15-8-6-5-7-9-15)19-14(2)17-11-10-16(20-3)12-18(17)21-4/h5-14,19H,1-4H3/t13-,14?/m0/s1. The molecule has 0 saturated carbocycles. The summed E-state index contributed by atoms with van der Waals surface area (Å²) in [5.41, 5.74) is 2.40. The lowest BCUT2D eigenvalue weighted by Gasteiger charge is -2.22. The van der Waals surface area contributed by atoms with Gasteiger partial charge in [-0.2, -0.15) is 0 Å². The maximum atomic E-state index is 5.48. The van der Waals surface area contributed by atoms with Crippen LogP contribution in [0.1, 0.15) is 37.1 Å². The molecule has 21 heavy (non-hydrogen) atoms. The zero-order valence-corrected chi connectivity index (χ0v) is 13.1. The molecule has 3 nitrogen and oxygen atoms in total. The van der Waals surface area contributed by atoms with Crippen LogP contribution in [0.4, 0.5) is 0 Å². The lowest BCUT2D eigenvalue weighted by molar-refractivity contribution is 0.383. The third-order valence-electron chi connectivity index (χ3n) is 3.71. The predicted octanol–water partition coefficient (Wildman–Crippen LogP) is 4.12. The lowest BCUT2D eigenvalue weighted by Crippen LogP contribution is -2.22. The normalized spacial score (nSPS) is 13.5. The summed E-state index contributed by atoms with van der Waals surface area (Å²) in [4.78, 5) is 0. The Morgan fingerprint density at radius 2 is 1.57 bits per heavy atom. The summed E-state index contributed by atoms with van der Waals surface area (Å²) < 4.78 is 10.7. The van der Waals surface area contributed by atoms with Crippen LogP contribution < -0.4 is 14.8 Å². The molecule has 0 aliphatic rings. The fourth-order valence-electron chi connectivity index (χ4n) is 2.48. The van der Waals surface area contributed by atoms with E-state index in [4.69, 9.17) is 9.47 Å². The minimum atomic E-state index is 0.182. The molecule has 0 aliphatic heterocycles. The number of nitrogens with one attached hydrogen (secondary N) is 1. The van der Waals surface area contributed by atoms with Gasteiger partial charge in [0.2, 0.25) is 0 Å². The maximum absolute atomic E-state index is 5.48. The van der Waals surface area contributed by atoms with Crippen LogP contribution in [-0.2, 0) is 0 Å². The number of ether oxygens (including phenoxy) is 2. The molecule has 2 aromatic rings. The van der Waals surface area contributed by atoms with Gasteiger partial charge in [-0.1, -0.05) is 36.4 Å². The number of methoxy groups -OCH3 is 2. The maximum Gasteiger partial charge on any atom is 0.127 e. The van der Waals surface area contributed by atoms with Crippen molar-refractivity contribution in [1.82, 2.24) is 5.32 Å². The van der Waals surface area contributed by atoms with Gasteiger partial charge in [0, 0.05) is 23.7 Å². The topological polar surface area (TPSA) is 30.5 Å². The van der Waals surface area contributed by atoms with Crippen molar-refractivity contribution in [3.63, 3.8) is 0 Å². The Kier molecular flexibility index (Phi) is 5.23. The zero-order chi connectivity index (χ0) is 15.2. The first kappa shape index (κ1) is 15.4. The summed E-state index contributed by atoms with van der Waals surface area (Å²) in [5, 5.41) is 3.60. The van der Waals surface area contributed by atoms with Crippen LogP contribution in [0.15, 0.2) is 48.5 Å². The van der Waals surface area contributed by atoms with Gasteiger partial charge in [-0.3, -0.25) is 0 Å². The average Bonchev–Trinajstić information content (AvgIpc) is 2.54. The van der Waals surface area contributed by atoms with Gasteiger partial charge in [0.1, 0.15) is 11.5 Å². The molecule has 0 spiro atoms. The Labute approximate surface area is 126 Å². The fraction of sp³-hybridized carbons (Fsp3) is 0.333. The minimum absolute atomic E-state index is 0.182. The van der Waals surface area contributed by atoms with Crippen molar-refractivity contribution < 1.29 is 9.47 Å². The van der Waals surface area contributed by atoms with E-state index < -0.39 is 0 Å².